The molecule has 1 aromatic heterocycles. The molecule has 1 fully saturated rings. The van der Waals surface area contributed by atoms with Crippen molar-refractivity contribution in [1.29, 1.82) is 0 Å². The molecule has 0 radical (unpaired) electrons. The van der Waals surface area contributed by atoms with E-state index in [2.05, 4.69) is 4.98 Å². The lowest BCUT2D eigenvalue weighted by molar-refractivity contribution is 0.704. The molecular weight excluding hydrogens is 150 g/mol. The van der Waals surface area contributed by atoms with E-state index in [1.54, 1.807) is 0 Å². The number of hydrogen-bond acceptors (Lipinski definition) is 2. The third-order valence-corrected chi connectivity index (χ3v) is 2.75. The summed E-state index contributed by atoms with van der Waals surface area (Å²) in [4.78, 5) is 4.34. The molecule has 1 aliphatic rings. The minimum absolute atomic E-state index is 0.631. The number of nitrogen functional groups attached to an aromatic ring is 1. The summed E-state index contributed by atoms with van der Waals surface area (Å²) in [5.41, 5.74) is 7.00. The molecule has 1 aromatic rings. The largest absolute Gasteiger partial charge is 0.384 e. The van der Waals surface area contributed by atoms with Crippen molar-refractivity contribution in [2.75, 3.05) is 5.73 Å². The molecule has 0 aromatic carbocycles. The summed E-state index contributed by atoms with van der Waals surface area (Å²) in [6.45, 7) is 0. The average molecular weight is 165 g/mol. The van der Waals surface area contributed by atoms with Gasteiger partial charge in [0.15, 0.2) is 0 Å². The van der Waals surface area contributed by atoms with Crippen LogP contribution < -0.4 is 5.73 Å². The van der Waals surface area contributed by atoms with Crippen LogP contribution in [0.5, 0.6) is 0 Å². The molecule has 2 N–H and O–H groups in total. The first-order valence-corrected chi connectivity index (χ1v) is 4.55. The Morgan fingerprint density at radius 3 is 2.67 bits per heavy atom. The minimum atomic E-state index is 0.631. The highest BCUT2D eigenvalue weighted by molar-refractivity contribution is 5.38. The Labute approximate surface area is 72.6 Å². The number of aryl methyl sites for hydroxylation is 1. The van der Waals surface area contributed by atoms with Gasteiger partial charge in [-0.1, -0.05) is 12.8 Å². The van der Waals surface area contributed by atoms with E-state index in [-0.39, 0.29) is 0 Å². The molecule has 0 bridgehead atoms. The second kappa shape index (κ2) is 2.81. The Bertz CT molecular complexity index is 271. The number of anilines is 1. The van der Waals surface area contributed by atoms with Gasteiger partial charge in [0.2, 0.25) is 0 Å². The number of nitrogens with two attached hydrogens (primary N) is 1. The molecule has 12 heavy (non-hydrogen) atoms. The Balaban J connectivity index is 2.26. The van der Waals surface area contributed by atoms with Crippen LogP contribution in [0, 0.1) is 0 Å². The SMILES string of the molecule is Cn1cnc(C2CCCC2)c1N. The number of rotatable bonds is 1. The van der Waals surface area contributed by atoms with Crippen molar-refractivity contribution >= 4 is 5.82 Å². The molecule has 0 amide bonds. The lowest BCUT2D eigenvalue weighted by atomic mass is 10.0. The number of nitrogens with zero attached hydrogens (tertiary/aromatic N) is 2. The van der Waals surface area contributed by atoms with Crippen LogP contribution in [0.1, 0.15) is 37.3 Å². The van der Waals surface area contributed by atoms with Gasteiger partial charge in [-0.2, -0.15) is 0 Å². The molecule has 1 saturated carbocycles. The zero-order chi connectivity index (χ0) is 8.55. The molecule has 3 nitrogen and oxygen atoms in total. The third kappa shape index (κ3) is 1.09. The highest BCUT2D eigenvalue weighted by atomic mass is 15.1. The monoisotopic (exact) mass is 165 g/mol. The van der Waals surface area contributed by atoms with Crippen molar-refractivity contribution in [1.82, 2.24) is 9.55 Å². The first-order chi connectivity index (χ1) is 5.79. The van der Waals surface area contributed by atoms with Crippen LogP contribution in [-0.2, 0) is 7.05 Å². The average Bonchev–Trinajstić information content (AvgIpc) is 2.64. The molecule has 3 heteroatoms. The van der Waals surface area contributed by atoms with Gasteiger partial charge in [0.1, 0.15) is 5.82 Å². The molecule has 0 spiro atoms. The van der Waals surface area contributed by atoms with E-state index < -0.39 is 0 Å². The third-order valence-electron chi connectivity index (χ3n) is 2.75. The smallest absolute Gasteiger partial charge is 0.126 e. The maximum Gasteiger partial charge on any atom is 0.126 e. The minimum Gasteiger partial charge on any atom is -0.384 e. The lowest BCUT2D eigenvalue weighted by Gasteiger charge is -2.06. The van der Waals surface area contributed by atoms with Gasteiger partial charge in [0.05, 0.1) is 12.0 Å². The van der Waals surface area contributed by atoms with Crippen molar-refractivity contribution in [3.05, 3.63) is 12.0 Å². The Kier molecular flexibility index (Phi) is 1.79. The summed E-state index contributed by atoms with van der Waals surface area (Å²) in [5, 5.41) is 0. The molecule has 0 atom stereocenters. The fourth-order valence-corrected chi connectivity index (χ4v) is 1.97. The van der Waals surface area contributed by atoms with E-state index in [0.29, 0.717) is 5.92 Å². The topological polar surface area (TPSA) is 43.8 Å². The fraction of sp³-hybridized carbons (Fsp3) is 0.667. The normalized spacial score (nSPS) is 18.8. The van der Waals surface area contributed by atoms with E-state index in [1.807, 2.05) is 17.9 Å². The summed E-state index contributed by atoms with van der Waals surface area (Å²) in [5.74, 6) is 1.48. The van der Waals surface area contributed by atoms with E-state index >= 15 is 0 Å². The zero-order valence-corrected chi connectivity index (χ0v) is 7.45. The molecular formula is C9H15N3. The predicted octanol–water partition coefficient (Wildman–Crippen LogP) is 1.66. The van der Waals surface area contributed by atoms with Crippen molar-refractivity contribution in [2.45, 2.75) is 31.6 Å². The zero-order valence-electron chi connectivity index (χ0n) is 7.45. The first kappa shape index (κ1) is 7.65. The summed E-state index contributed by atoms with van der Waals surface area (Å²) >= 11 is 0. The molecule has 1 heterocycles. The maximum atomic E-state index is 5.88. The van der Waals surface area contributed by atoms with Crippen LogP contribution in [0.4, 0.5) is 5.82 Å². The van der Waals surface area contributed by atoms with Gasteiger partial charge in [-0.3, -0.25) is 0 Å². The predicted molar refractivity (Wildman–Crippen MR) is 48.8 cm³/mol. The number of imidazole rings is 1. The van der Waals surface area contributed by atoms with Crippen molar-refractivity contribution in [2.24, 2.45) is 7.05 Å². The van der Waals surface area contributed by atoms with Crippen LogP contribution >= 0.6 is 0 Å². The van der Waals surface area contributed by atoms with Gasteiger partial charge < -0.3 is 10.3 Å². The second-order valence-corrected chi connectivity index (χ2v) is 3.61. The van der Waals surface area contributed by atoms with Gasteiger partial charge in [-0.25, -0.2) is 4.98 Å². The van der Waals surface area contributed by atoms with Gasteiger partial charge in [-0.05, 0) is 12.8 Å². The van der Waals surface area contributed by atoms with E-state index in [4.69, 9.17) is 5.73 Å². The van der Waals surface area contributed by atoms with E-state index in [1.165, 1.54) is 25.7 Å². The Morgan fingerprint density at radius 2 is 2.17 bits per heavy atom. The molecule has 1 aliphatic carbocycles. The summed E-state index contributed by atoms with van der Waals surface area (Å²) in [6.07, 6.45) is 7.01. The number of hydrogen-bond donors (Lipinski definition) is 1. The molecule has 0 unspecified atom stereocenters. The Morgan fingerprint density at radius 1 is 1.50 bits per heavy atom. The van der Waals surface area contributed by atoms with E-state index in [9.17, 15) is 0 Å². The summed E-state index contributed by atoms with van der Waals surface area (Å²) in [6, 6.07) is 0. The van der Waals surface area contributed by atoms with Crippen LogP contribution in [0.2, 0.25) is 0 Å². The lowest BCUT2D eigenvalue weighted by Crippen LogP contribution is -2.01. The van der Waals surface area contributed by atoms with Gasteiger partial charge >= 0.3 is 0 Å². The maximum absolute atomic E-state index is 5.88. The Hall–Kier alpha value is -0.990. The van der Waals surface area contributed by atoms with Crippen molar-refractivity contribution in [3.63, 3.8) is 0 Å². The fourth-order valence-electron chi connectivity index (χ4n) is 1.97. The molecule has 2 rings (SSSR count). The summed E-state index contributed by atoms with van der Waals surface area (Å²) in [7, 11) is 1.95. The second-order valence-electron chi connectivity index (χ2n) is 3.61. The van der Waals surface area contributed by atoms with Gasteiger partial charge in [-0.15, -0.1) is 0 Å². The summed E-state index contributed by atoms with van der Waals surface area (Å²) < 4.78 is 1.90. The van der Waals surface area contributed by atoms with Crippen LogP contribution in [0.15, 0.2) is 6.33 Å². The highest BCUT2D eigenvalue weighted by Crippen LogP contribution is 2.35. The van der Waals surface area contributed by atoms with Gasteiger partial charge in [0, 0.05) is 13.0 Å². The van der Waals surface area contributed by atoms with Crippen LogP contribution in [-0.4, -0.2) is 9.55 Å². The molecule has 0 saturated heterocycles. The standard InChI is InChI=1S/C9H15N3/c1-12-6-11-8(9(12)10)7-4-2-3-5-7/h6-7H,2-5,10H2,1H3. The van der Waals surface area contributed by atoms with E-state index in [0.717, 1.165) is 11.5 Å². The van der Waals surface area contributed by atoms with Crippen molar-refractivity contribution in [3.8, 4) is 0 Å². The number of aromatic nitrogens is 2. The molecule has 66 valence electrons. The van der Waals surface area contributed by atoms with Crippen LogP contribution in [0.25, 0.3) is 0 Å². The van der Waals surface area contributed by atoms with Crippen molar-refractivity contribution < 1.29 is 0 Å². The quantitative estimate of drug-likeness (QED) is 0.687. The van der Waals surface area contributed by atoms with Gasteiger partial charge in [0.25, 0.3) is 0 Å². The molecule has 0 aliphatic heterocycles. The highest BCUT2D eigenvalue weighted by Gasteiger charge is 2.21. The van der Waals surface area contributed by atoms with Crippen LogP contribution in [0.3, 0.4) is 0 Å². The first-order valence-electron chi connectivity index (χ1n) is 4.55.